The van der Waals surface area contributed by atoms with Gasteiger partial charge in [-0.25, -0.2) is 12.8 Å². The highest BCUT2D eigenvalue weighted by Gasteiger charge is 2.32. The lowest BCUT2D eigenvalue weighted by Gasteiger charge is -2.33. The minimum absolute atomic E-state index is 0.115. The van der Waals surface area contributed by atoms with Gasteiger partial charge in [-0.2, -0.15) is 0 Å². The summed E-state index contributed by atoms with van der Waals surface area (Å²) in [6.07, 6.45) is 1.25. The standard InChI is InChI=1S/C24H32FN3O4S/c1-6-21(24(30)26-17(2)3)27(15-19-12-8-7-11-18(19)4)23(29)16-28(33(5,31)32)22-14-10-9-13-20(22)25/h7-14,17,21H,6,15-16H2,1-5H3,(H,26,30)/t21-/m0/s1. The van der Waals surface area contributed by atoms with Crippen LogP contribution in [-0.4, -0.2) is 50.0 Å². The Morgan fingerprint density at radius 1 is 1.06 bits per heavy atom. The Bertz CT molecular complexity index is 1090. The Morgan fingerprint density at radius 2 is 1.67 bits per heavy atom. The molecule has 0 saturated heterocycles. The number of halogens is 1. The number of nitrogens with one attached hydrogen (secondary N) is 1. The molecule has 0 bridgehead atoms. The molecule has 0 aliphatic carbocycles. The second-order valence-electron chi connectivity index (χ2n) is 8.26. The lowest BCUT2D eigenvalue weighted by Crippen LogP contribution is -2.53. The molecule has 0 heterocycles. The molecular formula is C24H32FN3O4S. The number of para-hydroxylation sites is 1. The van der Waals surface area contributed by atoms with Crippen molar-refractivity contribution < 1.29 is 22.4 Å². The van der Waals surface area contributed by atoms with E-state index in [4.69, 9.17) is 0 Å². The maximum Gasteiger partial charge on any atom is 0.244 e. The lowest BCUT2D eigenvalue weighted by atomic mass is 10.1. The first-order valence-corrected chi connectivity index (χ1v) is 12.7. The van der Waals surface area contributed by atoms with E-state index >= 15 is 0 Å². The van der Waals surface area contributed by atoms with E-state index in [2.05, 4.69) is 5.32 Å². The maximum atomic E-state index is 14.4. The zero-order valence-electron chi connectivity index (χ0n) is 19.7. The summed E-state index contributed by atoms with van der Waals surface area (Å²) in [6, 6.07) is 11.9. The molecule has 1 N–H and O–H groups in total. The SMILES string of the molecule is CC[C@@H](C(=O)NC(C)C)N(Cc1ccccc1C)C(=O)CN(c1ccccc1F)S(C)(=O)=O. The van der Waals surface area contributed by atoms with Gasteiger partial charge >= 0.3 is 0 Å². The summed E-state index contributed by atoms with van der Waals surface area (Å²) in [5.41, 5.74) is 1.55. The molecule has 7 nitrogen and oxygen atoms in total. The largest absolute Gasteiger partial charge is 0.352 e. The van der Waals surface area contributed by atoms with Crippen LogP contribution in [-0.2, 0) is 26.2 Å². The Morgan fingerprint density at radius 3 is 2.21 bits per heavy atom. The van der Waals surface area contributed by atoms with Crippen molar-refractivity contribution in [2.45, 2.75) is 52.7 Å². The van der Waals surface area contributed by atoms with E-state index in [1.54, 1.807) is 6.92 Å². The molecule has 0 aliphatic heterocycles. The monoisotopic (exact) mass is 477 g/mol. The van der Waals surface area contributed by atoms with Gasteiger partial charge in [-0.3, -0.25) is 13.9 Å². The minimum atomic E-state index is -3.98. The van der Waals surface area contributed by atoms with Crippen LogP contribution in [0.5, 0.6) is 0 Å². The van der Waals surface area contributed by atoms with Crippen LogP contribution in [0.4, 0.5) is 10.1 Å². The zero-order valence-corrected chi connectivity index (χ0v) is 20.5. The zero-order chi connectivity index (χ0) is 24.8. The highest BCUT2D eigenvalue weighted by atomic mass is 32.2. The number of hydrogen-bond acceptors (Lipinski definition) is 4. The molecule has 2 rings (SSSR count). The number of aryl methyl sites for hydroxylation is 1. The number of anilines is 1. The van der Waals surface area contributed by atoms with Crippen LogP contribution in [0.2, 0.25) is 0 Å². The van der Waals surface area contributed by atoms with Crippen LogP contribution in [0.25, 0.3) is 0 Å². The van der Waals surface area contributed by atoms with Crippen LogP contribution in [0.15, 0.2) is 48.5 Å². The molecule has 0 spiro atoms. The van der Waals surface area contributed by atoms with Crippen molar-refractivity contribution in [3.63, 3.8) is 0 Å². The number of carbonyl (C=O) groups excluding carboxylic acids is 2. The smallest absolute Gasteiger partial charge is 0.244 e. The van der Waals surface area contributed by atoms with Crippen molar-refractivity contribution in [3.05, 3.63) is 65.5 Å². The van der Waals surface area contributed by atoms with E-state index < -0.39 is 34.3 Å². The molecule has 33 heavy (non-hydrogen) atoms. The normalized spacial score (nSPS) is 12.3. The number of rotatable bonds is 10. The van der Waals surface area contributed by atoms with Gasteiger partial charge in [-0.15, -0.1) is 0 Å². The summed E-state index contributed by atoms with van der Waals surface area (Å²) < 4.78 is 40.1. The fraction of sp³-hybridized carbons (Fsp3) is 0.417. The number of hydrogen-bond donors (Lipinski definition) is 1. The van der Waals surface area contributed by atoms with Gasteiger partial charge in [0.25, 0.3) is 0 Å². The molecule has 0 radical (unpaired) electrons. The van der Waals surface area contributed by atoms with Crippen LogP contribution in [0, 0.1) is 12.7 Å². The summed E-state index contributed by atoms with van der Waals surface area (Å²) in [6.45, 7) is 6.81. The van der Waals surface area contributed by atoms with Crippen molar-refractivity contribution in [3.8, 4) is 0 Å². The first-order valence-electron chi connectivity index (χ1n) is 10.8. The van der Waals surface area contributed by atoms with E-state index in [-0.39, 0.29) is 24.2 Å². The van der Waals surface area contributed by atoms with Gasteiger partial charge in [0.2, 0.25) is 21.8 Å². The molecule has 2 amide bonds. The number of amides is 2. The van der Waals surface area contributed by atoms with Crippen molar-refractivity contribution in [1.82, 2.24) is 10.2 Å². The summed E-state index contributed by atoms with van der Waals surface area (Å²) in [5.74, 6) is -1.69. The molecule has 180 valence electrons. The predicted molar refractivity (Wildman–Crippen MR) is 128 cm³/mol. The van der Waals surface area contributed by atoms with E-state index in [9.17, 15) is 22.4 Å². The highest BCUT2D eigenvalue weighted by Crippen LogP contribution is 2.23. The van der Waals surface area contributed by atoms with Gasteiger partial charge in [-0.1, -0.05) is 43.3 Å². The fourth-order valence-electron chi connectivity index (χ4n) is 3.52. The topological polar surface area (TPSA) is 86.8 Å². The molecule has 2 aromatic carbocycles. The summed E-state index contributed by atoms with van der Waals surface area (Å²) in [5, 5.41) is 2.83. The summed E-state index contributed by atoms with van der Waals surface area (Å²) >= 11 is 0. The number of benzene rings is 2. The van der Waals surface area contributed by atoms with Crippen molar-refractivity contribution in [1.29, 1.82) is 0 Å². The average Bonchev–Trinajstić information content (AvgIpc) is 2.72. The summed E-state index contributed by atoms with van der Waals surface area (Å²) in [4.78, 5) is 27.8. The Labute approximate surface area is 195 Å². The quantitative estimate of drug-likeness (QED) is 0.569. The van der Waals surface area contributed by atoms with E-state index in [0.717, 1.165) is 27.8 Å². The average molecular weight is 478 g/mol. The number of carbonyl (C=O) groups is 2. The molecule has 0 aromatic heterocycles. The first-order chi connectivity index (χ1) is 15.5. The number of sulfonamides is 1. The Balaban J connectivity index is 2.47. The van der Waals surface area contributed by atoms with Crippen LogP contribution in [0.1, 0.15) is 38.3 Å². The third-order valence-electron chi connectivity index (χ3n) is 5.22. The lowest BCUT2D eigenvalue weighted by molar-refractivity contribution is -0.140. The fourth-order valence-corrected chi connectivity index (χ4v) is 4.37. The molecule has 0 saturated carbocycles. The second-order valence-corrected chi connectivity index (χ2v) is 10.2. The number of nitrogens with zero attached hydrogens (tertiary/aromatic N) is 2. The molecule has 2 aromatic rings. The van der Waals surface area contributed by atoms with Gasteiger partial charge < -0.3 is 10.2 Å². The van der Waals surface area contributed by atoms with E-state index in [0.29, 0.717) is 6.42 Å². The van der Waals surface area contributed by atoms with Gasteiger partial charge in [0.05, 0.1) is 11.9 Å². The van der Waals surface area contributed by atoms with Crippen LogP contribution < -0.4 is 9.62 Å². The maximum absolute atomic E-state index is 14.4. The highest BCUT2D eigenvalue weighted by molar-refractivity contribution is 7.92. The van der Waals surface area contributed by atoms with E-state index in [1.807, 2.05) is 45.0 Å². The Kier molecular flexibility index (Phi) is 8.99. The molecule has 0 unspecified atom stereocenters. The minimum Gasteiger partial charge on any atom is -0.352 e. The van der Waals surface area contributed by atoms with Gasteiger partial charge in [0.1, 0.15) is 18.4 Å². The molecule has 1 atom stereocenters. The third kappa shape index (κ3) is 7.02. The van der Waals surface area contributed by atoms with Crippen LogP contribution in [0.3, 0.4) is 0 Å². The third-order valence-corrected chi connectivity index (χ3v) is 6.35. The Hall–Kier alpha value is -2.94. The second kappa shape index (κ2) is 11.3. The van der Waals surface area contributed by atoms with E-state index in [1.165, 1.54) is 23.1 Å². The molecular weight excluding hydrogens is 445 g/mol. The van der Waals surface area contributed by atoms with Crippen molar-refractivity contribution >= 4 is 27.5 Å². The predicted octanol–water partition coefficient (Wildman–Crippen LogP) is 3.23. The van der Waals surface area contributed by atoms with Crippen LogP contribution >= 0.6 is 0 Å². The summed E-state index contributed by atoms with van der Waals surface area (Å²) in [7, 11) is -3.98. The molecule has 0 fully saturated rings. The molecule has 9 heteroatoms. The first kappa shape index (κ1) is 26.3. The molecule has 0 aliphatic rings. The van der Waals surface area contributed by atoms with Gasteiger partial charge in [0, 0.05) is 12.6 Å². The van der Waals surface area contributed by atoms with Gasteiger partial charge in [-0.05, 0) is 50.5 Å². The van der Waals surface area contributed by atoms with Crippen molar-refractivity contribution in [2.24, 2.45) is 0 Å². The van der Waals surface area contributed by atoms with Crippen molar-refractivity contribution in [2.75, 3.05) is 17.1 Å². The van der Waals surface area contributed by atoms with Gasteiger partial charge in [0.15, 0.2) is 0 Å².